The van der Waals surface area contributed by atoms with Gasteiger partial charge in [0.05, 0.1) is 6.61 Å². The highest BCUT2D eigenvalue weighted by Gasteiger charge is 2.33. The van der Waals surface area contributed by atoms with Crippen LogP contribution in [0.2, 0.25) is 0 Å². The number of rotatable bonds is 14. The molecule has 0 spiro atoms. The monoisotopic (exact) mass is 299 g/mol. The molecule has 0 bridgehead atoms. The lowest BCUT2D eigenvalue weighted by molar-refractivity contribution is 0.0770. The number of unbranched alkanes of at least 4 members (excludes halogenated alkanes) is 1. The van der Waals surface area contributed by atoms with Crippen molar-refractivity contribution in [2.75, 3.05) is 19.8 Å². The summed E-state index contributed by atoms with van der Waals surface area (Å²) in [4.78, 5) is 0. The molecule has 0 saturated heterocycles. The Morgan fingerprint density at radius 3 is 2.52 bits per heavy atom. The Morgan fingerprint density at radius 1 is 1.24 bits per heavy atom. The third kappa shape index (κ3) is 7.62. The van der Waals surface area contributed by atoms with Gasteiger partial charge in [0.25, 0.3) is 0 Å². The highest BCUT2D eigenvalue weighted by atomic mass is 16.5. The Kier molecular flexibility index (Phi) is 9.54. The van der Waals surface area contributed by atoms with E-state index in [9.17, 15) is 5.11 Å². The summed E-state index contributed by atoms with van der Waals surface area (Å²) in [5.41, 5.74) is -0.0725. The topological polar surface area (TPSA) is 41.5 Å². The van der Waals surface area contributed by atoms with Crippen LogP contribution in [0.4, 0.5) is 0 Å². The van der Waals surface area contributed by atoms with E-state index in [2.05, 4.69) is 26.1 Å². The van der Waals surface area contributed by atoms with Crippen molar-refractivity contribution < 1.29 is 9.84 Å². The summed E-state index contributed by atoms with van der Waals surface area (Å²) in [6, 6.07) is 0.650. The van der Waals surface area contributed by atoms with Gasteiger partial charge in [0.15, 0.2) is 0 Å². The van der Waals surface area contributed by atoms with Crippen LogP contribution < -0.4 is 5.32 Å². The zero-order chi connectivity index (χ0) is 15.6. The average molecular weight is 299 g/mol. The van der Waals surface area contributed by atoms with Crippen LogP contribution >= 0.6 is 0 Å². The highest BCUT2D eigenvalue weighted by molar-refractivity contribution is 4.94. The first-order valence-corrected chi connectivity index (χ1v) is 9.16. The first-order chi connectivity index (χ1) is 10.2. The van der Waals surface area contributed by atoms with Gasteiger partial charge in [-0.05, 0) is 44.4 Å². The Balaban J connectivity index is 2.15. The number of nitrogens with one attached hydrogen (secondary N) is 1. The molecule has 0 heterocycles. The number of aliphatic hydroxyl groups is 1. The molecule has 0 aromatic rings. The lowest BCUT2D eigenvalue weighted by Gasteiger charge is -2.32. The summed E-state index contributed by atoms with van der Waals surface area (Å²) >= 11 is 0. The molecule has 3 nitrogen and oxygen atoms in total. The van der Waals surface area contributed by atoms with Crippen LogP contribution in [-0.2, 0) is 4.74 Å². The Morgan fingerprint density at radius 2 is 2.00 bits per heavy atom. The zero-order valence-corrected chi connectivity index (χ0v) is 14.5. The molecule has 1 fully saturated rings. The van der Waals surface area contributed by atoms with Gasteiger partial charge in [0, 0.05) is 24.8 Å². The summed E-state index contributed by atoms with van der Waals surface area (Å²) in [6.07, 6.45) is 10.7. The summed E-state index contributed by atoms with van der Waals surface area (Å²) in [5.74, 6) is 0.725. The number of aliphatic hydroxyl groups excluding tert-OH is 1. The molecular formula is C18H37NO2. The number of hydrogen-bond acceptors (Lipinski definition) is 3. The zero-order valence-electron chi connectivity index (χ0n) is 14.5. The Hall–Kier alpha value is -0.120. The van der Waals surface area contributed by atoms with E-state index in [0.29, 0.717) is 6.04 Å². The van der Waals surface area contributed by atoms with E-state index in [1.165, 1.54) is 38.5 Å². The predicted octanol–water partition coefficient (Wildman–Crippen LogP) is 3.89. The third-order valence-electron chi connectivity index (χ3n) is 4.91. The largest absolute Gasteiger partial charge is 0.394 e. The molecule has 1 saturated carbocycles. The molecule has 126 valence electrons. The SMILES string of the molecule is CCCCC(CC)COCCCC(CC)(CO)NC1CC1. The fraction of sp³-hybridized carbons (Fsp3) is 1.00. The van der Waals surface area contributed by atoms with Crippen LogP contribution in [0.15, 0.2) is 0 Å². The molecule has 1 aliphatic rings. The van der Waals surface area contributed by atoms with Crippen molar-refractivity contribution in [1.82, 2.24) is 5.32 Å². The van der Waals surface area contributed by atoms with E-state index in [-0.39, 0.29) is 12.1 Å². The summed E-state index contributed by atoms with van der Waals surface area (Å²) < 4.78 is 5.88. The van der Waals surface area contributed by atoms with E-state index in [4.69, 9.17) is 4.74 Å². The minimum atomic E-state index is -0.0725. The van der Waals surface area contributed by atoms with Crippen molar-refractivity contribution in [1.29, 1.82) is 0 Å². The maximum atomic E-state index is 9.73. The van der Waals surface area contributed by atoms with Gasteiger partial charge in [-0.3, -0.25) is 0 Å². The first kappa shape index (κ1) is 18.9. The van der Waals surface area contributed by atoms with Gasteiger partial charge in [-0.25, -0.2) is 0 Å². The summed E-state index contributed by atoms with van der Waals surface area (Å²) in [6.45, 7) is 8.66. The van der Waals surface area contributed by atoms with Gasteiger partial charge < -0.3 is 15.2 Å². The van der Waals surface area contributed by atoms with Crippen molar-refractivity contribution in [2.45, 2.75) is 90.1 Å². The normalized spacial score (nSPS) is 19.4. The molecule has 0 aliphatic heterocycles. The van der Waals surface area contributed by atoms with Crippen molar-refractivity contribution in [3.63, 3.8) is 0 Å². The van der Waals surface area contributed by atoms with Crippen molar-refractivity contribution in [3.8, 4) is 0 Å². The third-order valence-corrected chi connectivity index (χ3v) is 4.91. The molecule has 2 atom stereocenters. The number of ether oxygens (including phenoxy) is 1. The Labute approximate surface area is 131 Å². The van der Waals surface area contributed by atoms with Crippen LogP contribution in [0.1, 0.15) is 78.6 Å². The molecule has 1 aliphatic carbocycles. The second-order valence-electron chi connectivity index (χ2n) is 6.81. The molecule has 3 heteroatoms. The Bertz CT molecular complexity index is 250. The van der Waals surface area contributed by atoms with Crippen molar-refractivity contribution in [2.24, 2.45) is 5.92 Å². The smallest absolute Gasteiger partial charge is 0.0613 e. The minimum absolute atomic E-state index is 0.0725. The molecule has 1 rings (SSSR count). The van der Waals surface area contributed by atoms with Crippen LogP contribution in [0.5, 0.6) is 0 Å². The van der Waals surface area contributed by atoms with Gasteiger partial charge >= 0.3 is 0 Å². The van der Waals surface area contributed by atoms with E-state index < -0.39 is 0 Å². The molecule has 0 amide bonds. The van der Waals surface area contributed by atoms with Crippen molar-refractivity contribution >= 4 is 0 Å². The fourth-order valence-corrected chi connectivity index (χ4v) is 2.91. The minimum Gasteiger partial charge on any atom is -0.394 e. The van der Waals surface area contributed by atoms with Gasteiger partial charge in [-0.15, -0.1) is 0 Å². The van der Waals surface area contributed by atoms with Gasteiger partial charge in [-0.1, -0.05) is 40.0 Å². The summed E-state index contributed by atoms with van der Waals surface area (Å²) in [5, 5.41) is 13.4. The molecule has 0 radical (unpaired) electrons. The van der Waals surface area contributed by atoms with Crippen LogP contribution in [0.25, 0.3) is 0 Å². The maximum Gasteiger partial charge on any atom is 0.0613 e. The molecule has 0 aromatic carbocycles. The lowest BCUT2D eigenvalue weighted by atomic mass is 9.91. The van der Waals surface area contributed by atoms with E-state index in [1.807, 2.05) is 0 Å². The van der Waals surface area contributed by atoms with Gasteiger partial charge in [0.2, 0.25) is 0 Å². The van der Waals surface area contributed by atoms with Gasteiger partial charge in [0.1, 0.15) is 0 Å². The molecule has 21 heavy (non-hydrogen) atoms. The number of hydrogen-bond donors (Lipinski definition) is 2. The molecule has 2 unspecified atom stereocenters. The maximum absolute atomic E-state index is 9.73. The summed E-state index contributed by atoms with van der Waals surface area (Å²) in [7, 11) is 0. The van der Waals surface area contributed by atoms with Gasteiger partial charge in [-0.2, -0.15) is 0 Å². The lowest BCUT2D eigenvalue weighted by Crippen LogP contribution is -2.49. The average Bonchev–Trinajstić information content (AvgIpc) is 3.32. The molecular weight excluding hydrogens is 262 g/mol. The van der Waals surface area contributed by atoms with E-state index >= 15 is 0 Å². The second-order valence-corrected chi connectivity index (χ2v) is 6.81. The second kappa shape index (κ2) is 10.6. The van der Waals surface area contributed by atoms with E-state index in [1.54, 1.807) is 0 Å². The molecule has 0 aromatic heterocycles. The van der Waals surface area contributed by atoms with Crippen molar-refractivity contribution in [3.05, 3.63) is 0 Å². The fourth-order valence-electron chi connectivity index (χ4n) is 2.91. The van der Waals surface area contributed by atoms with Crippen LogP contribution in [-0.4, -0.2) is 36.5 Å². The van der Waals surface area contributed by atoms with E-state index in [0.717, 1.165) is 38.4 Å². The van der Waals surface area contributed by atoms with Crippen LogP contribution in [0.3, 0.4) is 0 Å². The molecule has 2 N–H and O–H groups in total. The first-order valence-electron chi connectivity index (χ1n) is 9.16. The van der Waals surface area contributed by atoms with Crippen LogP contribution in [0, 0.1) is 5.92 Å². The quantitative estimate of drug-likeness (QED) is 0.478. The highest BCUT2D eigenvalue weighted by Crippen LogP contribution is 2.26. The standard InChI is InChI=1S/C18H37NO2/c1-4-7-9-16(5-2)14-21-13-8-12-18(6-3,15-20)19-17-10-11-17/h16-17,19-20H,4-15H2,1-3H3. The predicted molar refractivity (Wildman–Crippen MR) is 89.6 cm³/mol.